The molecule has 4 nitrogen and oxygen atoms in total. The van der Waals surface area contributed by atoms with Crippen molar-refractivity contribution >= 4 is 37.4 Å². The van der Waals surface area contributed by atoms with Gasteiger partial charge in [-0.05, 0) is 0 Å². The molecular formula is C15H19InN2O2. The van der Waals surface area contributed by atoms with Crippen LogP contribution in [0.25, 0.3) is 0 Å². The summed E-state index contributed by atoms with van der Waals surface area (Å²) in [6, 6.07) is 8.09. The van der Waals surface area contributed by atoms with Gasteiger partial charge < -0.3 is 0 Å². The van der Waals surface area contributed by atoms with E-state index in [0.717, 1.165) is 9.14 Å². The molecule has 1 N–H and O–H groups in total. The molecule has 1 aliphatic rings. The van der Waals surface area contributed by atoms with Crippen molar-refractivity contribution in [1.82, 2.24) is 0 Å². The van der Waals surface area contributed by atoms with Crippen LogP contribution in [-0.2, 0) is 4.74 Å². The number of hydrogen-bond donors (Lipinski definition) is 1. The summed E-state index contributed by atoms with van der Waals surface area (Å²) in [5.41, 5.74) is 1.73. The summed E-state index contributed by atoms with van der Waals surface area (Å²) >= 11 is -2.89. The molecule has 0 atom stereocenters. The molecule has 0 bridgehead atoms. The van der Waals surface area contributed by atoms with Crippen LogP contribution in [0.15, 0.2) is 36.8 Å². The number of benzene rings is 1. The first-order chi connectivity index (χ1) is 9.35. The van der Waals surface area contributed by atoms with Crippen molar-refractivity contribution < 1.29 is 9.53 Å². The van der Waals surface area contributed by atoms with Crippen LogP contribution in [0.2, 0.25) is 0 Å². The Morgan fingerprint density at radius 1 is 1.25 bits per heavy atom. The van der Waals surface area contributed by atoms with Crippen molar-refractivity contribution in [3.8, 4) is 0 Å². The summed E-state index contributed by atoms with van der Waals surface area (Å²) in [5, 5.41) is 3.31. The minimum atomic E-state index is -2.89. The standard InChI is InChI=1S/C10H10N2.C5H9O2.In/c1-9-3-5-10(6-4-9)12-8-2-7-11;1-5(2,3)7-4-6;/h2-7,12H,1H3;1-3H3;/q-1;;+1. The number of carbonyl (C=O) groups is 1. The molecule has 0 aromatic heterocycles. The number of aryl methyl sites for hydroxylation is 1. The molecule has 0 saturated heterocycles. The van der Waals surface area contributed by atoms with Crippen molar-refractivity contribution in [3.63, 3.8) is 0 Å². The summed E-state index contributed by atoms with van der Waals surface area (Å²) in [6.45, 7) is 7.69. The maximum atomic E-state index is 12.2. The number of rotatable bonds is 3. The van der Waals surface area contributed by atoms with Gasteiger partial charge in [0.15, 0.2) is 0 Å². The Labute approximate surface area is 127 Å². The summed E-state index contributed by atoms with van der Waals surface area (Å²) in [6.07, 6.45) is 3.62. The number of carbonyl (C=O) groups excluding carboxylic acids is 1. The molecule has 0 saturated carbocycles. The van der Waals surface area contributed by atoms with Gasteiger partial charge in [-0.3, -0.25) is 0 Å². The molecule has 1 aliphatic heterocycles. The van der Waals surface area contributed by atoms with Crippen LogP contribution in [0.3, 0.4) is 0 Å². The third-order valence-electron chi connectivity index (χ3n) is 2.75. The van der Waals surface area contributed by atoms with E-state index in [1.165, 1.54) is 5.56 Å². The van der Waals surface area contributed by atoms with Crippen molar-refractivity contribution in [1.29, 1.82) is 0 Å². The van der Waals surface area contributed by atoms with Crippen molar-refractivity contribution in [2.75, 3.05) is 5.32 Å². The molecule has 104 valence electrons. The fourth-order valence-electron chi connectivity index (χ4n) is 1.84. The Kier molecular flexibility index (Phi) is 4.58. The van der Waals surface area contributed by atoms with Gasteiger partial charge in [0, 0.05) is 0 Å². The maximum absolute atomic E-state index is 12.2. The van der Waals surface area contributed by atoms with Crippen molar-refractivity contribution in [3.05, 3.63) is 39.4 Å². The molecule has 0 spiro atoms. The Hall–Kier alpha value is -1.23. The first-order valence-corrected chi connectivity index (χ1v) is 11.4. The third kappa shape index (κ3) is 4.13. The monoisotopic (exact) mass is 374 g/mol. The van der Waals surface area contributed by atoms with E-state index in [2.05, 4.69) is 8.30 Å². The van der Waals surface area contributed by atoms with Gasteiger partial charge >= 0.3 is 128 Å². The van der Waals surface area contributed by atoms with Crippen molar-refractivity contribution in [2.45, 2.75) is 33.3 Å². The topological polar surface area (TPSA) is 50.7 Å². The molecule has 2 rings (SSSR count). The van der Waals surface area contributed by atoms with Crippen LogP contribution < -0.4 is 5.32 Å². The van der Waals surface area contributed by atoms with Gasteiger partial charge in [0.05, 0.1) is 0 Å². The van der Waals surface area contributed by atoms with E-state index < -0.39 is 27.3 Å². The Balaban J connectivity index is 2.05. The second-order valence-electron chi connectivity index (χ2n) is 5.85. The van der Waals surface area contributed by atoms with Gasteiger partial charge in [-0.25, -0.2) is 0 Å². The van der Waals surface area contributed by atoms with E-state index in [0.29, 0.717) is 0 Å². The second kappa shape index (κ2) is 6.04. The third-order valence-corrected chi connectivity index (χ3v) is 8.35. The zero-order valence-corrected chi connectivity index (χ0v) is 15.6. The predicted molar refractivity (Wildman–Crippen MR) is 83.4 cm³/mol. The Morgan fingerprint density at radius 3 is 2.50 bits per heavy atom. The van der Waals surface area contributed by atoms with Crippen LogP contribution in [0.4, 0.5) is 10.5 Å². The van der Waals surface area contributed by atoms with Gasteiger partial charge in [-0.15, -0.1) is 0 Å². The van der Waals surface area contributed by atoms with E-state index in [1.54, 1.807) is 6.21 Å². The fourth-order valence-corrected chi connectivity index (χ4v) is 7.07. The molecule has 1 aromatic rings. The average molecular weight is 374 g/mol. The summed E-state index contributed by atoms with van der Waals surface area (Å²) in [5.74, 6) is 0. The van der Waals surface area contributed by atoms with Gasteiger partial charge in [-0.2, -0.15) is 0 Å². The molecule has 0 aliphatic carbocycles. The average Bonchev–Trinajstić information content (AvgIpc) is 2.78. The zero-order valence-electron chi connectivity index (χ0n) is 12.3. The Bertz CT molecular complexity index is 556. The van der Waals surface area contributed by atoms with Gasteiger partial charge in [-0.1, -0.05) is 0 Å². The van der Waals surface area contributed by atoms with Crippen LogP contribution in [0.1, 0.15) is 26.3 Å². The van der Waals surface area contributed by atoms with E-state index in [1.807, 2.05) is 58.0 Å². The minimum absolute atomic E-state index is 0.126. The summed E-state index contributed by atoms with van der Waals surface area (Å²) in [7, 11) is 0. The number of nitrogens with zero attached hydrogens (tertiary/aromatic N) is 1. The summed E-state index contributed by atoms with van der Waals surface area (Å²) in [4.78, 5) is 12.2. The molecule has 20 heavy (non-hydrogen) atoms. The SMILES string of the molecule is Cc1ccc(N[C]2=CC=[N][In]2[C](=O)OC(C)(C)C)cc1. The molecular weight excluding hydrogens is 355 g/mol. The molecule has 1 heterocycles. The van der Waals surface area contributed by atoms with Crippen LogP contribution in [0, 0.1) is 6.92 Å². The molecule has 5 heteroatoms. The quantitative estimate of drug-likeness (QED) is 0.882. The predicted octanol–water partition coefficient (Wildman–Crippen LogP) is 3.42. The van der Waals surface area contributed by atoms with E-state index >= 15 is 0 Å². The van der Waals surface area contributed by atoms with Gasteiger partial charge in [0.25, 0.3) is 0 Å². The van der Waals surface area contributed by atoms with Crippen LogP contribution in [-0.4, -0.2) is 37.3 Å². The van der Waals surface area contributed by atoms with E-state index in [4.69, 9.17) is 4.74 Å². The number of nitrogens with one attached hydrogen (secondary N) is 1. The first-order valence-electron chi connectivity index (χ1n) is 6.65. The molecule has 1 aromatic carbocycles. The van der Waals surface area contributed by atoms with Crippen LogP contribution >= 0.6 is 0 Å². The van der Waals surface area contributed by atoms with Gasteiger partial charge in [0.1, 0.15) is 0 Å². The Morgan fingerprint density at radius 2 is 1.90 bits per heavy atom. The number of allylic oxidation sites excluding steroid dienone is 1. The zero-order chi connectivity index (χ0) is 14.8. The first kappa shape index (κ1) is 15.2. The van der Waals surface area contributed by atoms with Crippen molar-refractivity contribution in [2.24, 2.45) is 2.98 Å². The molecule has 0 amide bonds. The molecule has 0 fully saturated rings. The second-order valence-corrected chi connectivity index (χ2v) is 12.1. The summed E-state index contributed by atoms with van der Waals surface area (Å²) < 4.78 is 10.7. The van der Waals surface area contributed by atoms with E-state index in [9.17, 15) is 4.79 Å². The normalized spacial score (nSPS) is 14.2. The molecule has 0 unspecified atom stereocenters. The number of anilines is 1. The number of hydrogen-bond acceptors (Lipinski definition) is 4. The van der Waals surface area contributed by atoms with E-state index in [-0.39, 0.29) is 3.73 Å². The number of ether oxygens (including phenoxy) is 1. The fraction of sp³-hybridized carbons (Fsp3) is 0.333. The molecule has 0 radical (unpaired) electrons. The van der Waals surface area contributed by atoms with Gasteiger partial charge in [0.2, 0.25) is 0 Å². The van der Waals surface area contributed by atoms with Crippen LogP contribution in [0.5, 0.6) is 0 Å².